The van der Waals surface area contributed by atoms with E-state index in [0.29, 0.717) is 34.3 Å². The van der Waals surface area contributed by atoms with E-state index in [9.17, 15) is 22.4 Å². The number of ether oxygens (including phenoxy) is 1. The number of aromatic nitrogens is 2. The van der Waals surface area contributed by atoms with Crippen molar-refractivity contribution >= 4 is 10.9 Å². The Morgan fingerprint density at radius 3 is 2.17 bits per heavy atom. The van der Waals surface area contributed by atoms with Gasteiger partial charge in [0.25, 0.3) is 5.56 Å². The van der Waals surface area contributed by atoms with Gasteiger partial charge in [0.05, 0.1) is 0 Å². The second kappa shape index (κ2) is 8.79. The van der Waals surface area contributed by atoms with Gasteiger partial charge < -0.3 is 9.30 Å². The summed E-state index contributed by atoms with van der Waals surface area (Å²) < 4.78 is 58.4. The van der Waals surface area contributed by atoms with Crippen molar-refractivity contribution in [2.75, 3.05) is 0 Å². The molecule has 5 rings (SSSR count). The molecule has 3 aromatic carbocycles. The highest BCUT2D eigenvalue weighted by atomic mass is 19.4. The fourth-order valence-corrected chi connectivity index (χ4v) is 4.07. The predicted molar refractivity (Wildman–Crippen MR) is 125 cm³/mol. The predicted octanol–water partition coefficient (Wildman–Crippen LogP) is 6.55. The van der Waals surface area contributed by atoms with Crippen molar-refractivity contribution in [2.45, 2.75) is 12.9 Å². The van der Waals surface area contributed by atoms with Crippen molar-refractivity contribution in [1.82, 2.24) is 9.13 Å². The molecule has 0 bridgehead atoms. The molecular weight excluding hydrogens is 460 g/mol. The van der Waals surface area contributed by atoms with Crippen molar-refractivity contribution < 1.29 is 22.3 Å². The van der Waals surface area contributed by atoms with Crippen molar-refractivity contribution in [3.05, 3.63) is 119 Å². The van der Waals surface area contributed by atoms with Crippen LogP contribution in [0.25, 0.3) is 27.7 Å². The lowest BCUT2D eigenvalue weighted by Gasteiger charge is -2.14. The standard InChI is InChI=1S/C27H18F4N2O2/c28-20-8-6-19(7-9-20)24-17-33(21-10-12-22(13-11-21)35-27(29,30)31)26(34)25-23(24)14-15-32(25)16-18-4-2-1-3-5-18/h1-15,17H,16H2. The lowest BCUT2D eigenvalue weighted by Crippen LogP contribution is -2.21. The number of rotatable bonds is 5. The number of alkyl halides is 3. The lowest BCUT2D eigenvalue weighted by molar-refractivity contribution is -0.274. The summed E-state index contributed by atoms with van der Waals surface area (Å²) in [5.74, 6) is -0.776. The molecule has 0 amide bonds. The molecule has 0 unspecified atom stereocenters. The summed E-state index contributed by atoms with van der Waals surface area (Å²) in [7, 11) is 0. The van der Waals surface area contributed by atoms with E-state index in [4.69, 9.17) is 0 Å². The Morgan fingerprint density at radius 2 is 1.51 bits per heavy atom. The summed E-state index contributed by atoms with van der Waals surface area (Å²) in [5.41, 5.74) is 2.82. The molecule has 0 radical (unpaired) electrons. The summed E-state index contributed by atoms with van der Waals surface area (Å²) in [6, 6.07) is 22.4. The molecule has 0 saturated heterocycles. The van der Waals surface area contributed by atoms with Gasteiger partial charge in [-0.3, -0.25) is 9.36 Å². The van der Waals surface area contributed by atoms with Gasteiger partial charge in [-0.1, -0.05) is 42.5 Å². The fourth-order valence-electron chi connectivity index (χ4n) is 4.07. The van der Waals surface area contributed by atoms with Crippen LogP contribution in [0.4, 0.5) is 17.6 Å². The van der Waals surface area contributed by atoms with Crippen LogP contribution in [0.5, 0.6) is 5.75 Å². The minimum Gasteiger partial charge on any atom is -0.406 e. The van der Waals surface area contributed by atoms with Gasteiger partial charge in [0, 0.05) is 35.6 Å². The molecule has 35 heavy (non-hydrogen) atoms. The minimum absolute atomic E-state index is 0.337. The number of pyridine rings is 1. The average Bonchev–Trinajstić information content (AvgIpc) is 3.25. The van der Waals surface area contributed by atoms with E-state index in [1.54, 1.807) is 18.3 Å². The normalized spacial score (nSPS) is 11.7. The number of hydrogen-bond donors (Lipinski definition) is 0. The average molecular weight is 478 g/mol. The molecule has 2 heterocycles. The molecule has 0 saturated carbocycles. The molecule has 0 aliphatic heterocycles. The maximum absolute atomic E-state index is 13.6. The van der Waals surface area contributed by atoms with Gasteiger partial charge >= 0.3 is 6.36 Å². The Balaban J connectivity index is 1.68. The van der Waals surface area contributed by atoms with Gasteiger partial charge in [0.15, 0.2) is 0 Å². The molecule has 0 fully saturated rings. The molecule has 0 aliphatic rings. The van der Waals surface area contributed by atoms with Crippen molar-refractivity contribution in [3.8, 4) is 22.6 Å². The van der Waals surface area contributed by atoms with Gasteiger partial charge in [-0.2, -0.15) is 0 Å². The van der Waals surface area contributed by atoms with Gasteiger partial charge in [-0.15, -0.1) is 13.2 Å². The highest BCUT2D eigenvalue weighted by molar-refractivity contribution is 5.95. The Hall–Kier alpha value is -4.33. The molecule has 0 atom stereocenters. The Morgan fingerprint density at radius 1 is 0.829 bits per heavy atom. The van der Waals surface area contributed by atoms with Gasteiger partial charge in [0.1, 0.15) is 17.1 Å². The third-order valence-corrected chi connectivity index (χ3v) is 5.63. The highest BCUT2D eigenvalue weighted by Crippen LogP contribution is 2.30. The Kier molecular flexibility index (Phi) is 5.64. The third-order valence-electron chi connectivity index (χ3n) is 5.63. The molecule has 8 heteroatoms. The Bertz CT molecular complexity index is 1540. The lowest BCUT2D eigenvalue weighted by atomic mass is 10.0. The topological polar surface area (TPSA) is 36.2 Å². The van der Waals surface area contributed by atoms with Gasteiger partial charge in [-0.05, 0) is 53.6 Å². The first-order valence-electron chi connectivity index (χ1n) is 10.7. The van der Waals surface area contributed by atoms with Crippen LogP contribution in [0.2, 0.25) is 0 Å². The van der Waals surface area contributed by atoms with Crippen molar-refractivity contribution in [3.63, 3.8) is 0 Å². The monoisotopic (exact) mass is 478 g/mol. The van der Waals surface area contributed by atoms with E-state index in [1.165, 1.54) is 28.8 Å². The maximum atomic E-state index is 13.6. The van der Waals surface area contributed by atoms with E-state index in [2.05, 4.69) is 4.74 Å². The first kappa shape index (κ1) is 22.5. The van der Waals surface area contributed by atoms with Gasteiger partial charge in [-0.25, -0.2) is 4.39 Å². The largest absolute Gasteiger partial charge is 0.573 e. The summed E-state index contributed by atoms with van der Waals surface area (Å²) in [4.78, 5) is 13.6. The zero-order valence-corrected chi connectivity index (χ0v) is 18.2. The zero-order chi connectivity index (χ0) is 24.6. The summed E-state index contributed by atoms with van der Waals surface area (Å²) >= 11 is 0. The molecule has 0 aliphatic carbocycles. The molecule has 0 N–H and O–H groups in total. The summed E-state index contributed by atoms with van der Waals surface area (Å²) in [6.07, 6.45) is -1.38. The molecule has 5 aromatic rings. The van der Waals surface area contributed by atoms with E-state index >= 15 is 0 Å². The first-order valence-corrected chi connectivity index (χ1v) is 10.7. The number of nitrogens with zero attached hydrogens (tertiary/aromatic N) is 2. The van der Waals surface area contributed by atoms with E-state index in [1.807, 2.05) is 47.2 Å². The van der Waals surface area contributed by atoms with Crippen LogP contribution >= 0.6 is 0 Å². The smallest absolute Gasteiger partial charge is 0.406 e. The number of hydrogen-bond acceptors (Lipinski definition) is 2. The van der Waals surface area contributed by atoms with Crippen LogP contribution in [0.15, 0.2) is 102 Å². The van der Waals surface area contributed by atoms with Crippen LogP contribution in [0, 0.1) is 5.82 Å². The second-order valence-electron chi connectivity index (χ2n) is 7.96. The van der Waals surface area contributed by atoms with Crippen molar-refractivity contribution in [1.29, 1.82) is 0 Å². The molecule has 4 nitrogen and oxygen atoms in total. The van der Waals surface area contributed by atoms with E-state index in [-0.39, 0.29) is 17.1 Å². The van der Waals surface area contributed by atoms with Crippen LogP contribution in [-0.2, 0) is 6.54 Å². The molecule has 2 aromatic heterocycles. The number of fused-ring (bicyclic) bond motifs is 1. The van der Waals surface area contributed by atoms with Crippen LogP contribution in [0.1, 0.15) is 5.56 Å². The van der Waals surface area contributed by atoms with Crippen molar-refractivity contribution in [2.24, 2.45) is 0 Å². The second-order valence-corrected chi connectivity index (χ2v) is 7.96. The first-order chi connectivity index (χ1) is 16.8. The van der Waals surface area contributed by atoms with Gasteiger partial charge in [0.2, 0.25) is 0 Å². The SMILES string of the molecule is O=c1c2c(ccn2Cc2ccccc2)c(-c2ccc(F)cc2)cn1-c1ccc(OC(F)(F)F)cc1. The number of halogens is 4. The minimum atomic E-state index is -4.81. The fraction of sp³-hybridized carbons (Fsp3) is 0.0741. The highest BCUT2D eigenvalue weighted by Gasteiger charge is 2.31. The Labute approximate surface area is 197 Å². The summed E-state index contributed by atoms with van der Waals surface area (Å²) in [5, 5.41) is 0.686. The number of benzene rings is 3. The molecule has 0 spiro atoms. The third kappa shape index (κ3) is 4.68. The maximum Gasteiger partial charge on any atom is 0.573 e. The van der Waals surface area contributed by atoms with Crippen LogP contribution in [-0.4, -0.2) is 15.5 Å². The molecule has 176 valence electrons. The molecular formula is C27H18F4N2O2. The van der Waals surface area contributed by atoms with Crippen LogP contribution < -0.4 is 10.3 Å². The van der Waals surface area contributed by atoms with E-state index < -0.39 is 6.36 Å². The quantitative estimate of drug-likeness (QED) is 0.269. The summed E-state index contributed by atoms with van der Waals surface area (Å²) in [6.45, 7) is 0.449. The van der Waals surface area contributed by atoms with Crippen LogP contribution in [0.3, 0.4) is 0 Å². The van der Waals surface area contributed by atoms with E-state index in [0.717, 1.165) is 17.7 Å². The zero-order valence-electron chi connectivity index (χ0n) is 18.2.